The summed E-state index contributed by atoms with van der Waals surface area (Å²) in [5.41, 5.74) is 0.638. The summed E-state index contributed by atoms with van der Waals surface area (Å²) in [6.45, 7) is 0.483. The molecule has 1 amide bonds. The number of furan rings is 1. The van der Waals surface area contributed by atoms with Gasteiger partial charge in [0, 0.05) is 14.6 Å². The number of carbonyl (C=O) groups excluding carboxylic acids is 1. The van der Waals surface area contributed by atoms with E-state index < -0.39 is 0 Å². The number of rotatable bonds is 5. The largest absolute Gasteiger partial charge is 0.468 e. The van der Waals surface area contributed by atoms with Crippen LogP contribution in [0.5, 0.6) is 0 Å². The van der Waals surface area contributed by atoms with E-state index in [9.17, 15) is 4.79 Å². The second-order valence-electron chi connectivity index (χ2n) is 4.83. The predicted molar refractivity (Wildman–Crippen MR) is 94.3 cm³/mol. The van der Waals surface area contributed by atoms with E-state index in [0.717, 1.165) is 13.8 Å². The molecule has 0 spiro atoms. The molecule has 2 rings (SSSR count). The first-order valence-corrected chi connectivity index (χ1v) is 8.29. The Morgan fingerprint density at radius 2 is 2.19 bits per heavy atom. The van der Waals surface area contributed by atoms with Crippen LogP contribution in [0.15, 0.2) is 45.5 Å². The number of nitrogens with zero attached hydrogens (tertiary/aromatic N) is 1. The molecule has 1 heterocycles. The maximum absolute atomic E-state index is 12.3. The van der Waals surface area contributed by atoms with Crippen LogP contribution >= 0.6 is 38.5 Å². The van der Waals surface area contributed by atoms with Crippen molar-refractivity contribution in [3.63, 3.8) is 0 Å². The zero-order chi connectivity index (χ0) is 15.4. The minimum absolute atomic E-state index is 0.00510. The first-order chi connectivity index (χ1) is 9.99. The molecule has 2 aromatic rings. The molecule has 1 aromatic heterocycles. The monoisotopic (exact) mass is 462 g/mol. The Morgan fingerprint density at radius 3 is 2.81 bits per heavy atom. The third kappa shape index (κ3) is 4.31. The molecule has 0 aliphatic heterocycles. The van der Waals surface area contributed by atoms with Crippen molar-refractivity contribution < 1.29 is 9.21 Å². The fourth-order valence-electron chi connectivity index (χ4n) is 1.97. The number of halogens is 2. The Kier molecular flexibility index (Phi) is 5.83. The van der Waals surface area contributed by atoms with Gasteiger partial charge in [-0.1, -0.05) is 0 Å². The van der Waals surface area contributed by atoms with E-state index in [1.54, 1.807) is 6.26 Å². The predicted octanol–water partition coefficient (Wildman–Crippen LogP) is 3.68. The van der Waals surface area contributed by atoms with Gasteiger partial charge in [-0.25, -0.2) is 0 Å². The molecular formula is C15H16BrIN2O2. The normalized spacial score (nSPS) is 12.4. The van der Waals surface area contributed by atoms with Crippen LogP contribution in [0.25, 0.3) is 0 Å². The lowest BCUT2D eigenvalue weighted by Gasteiger charge is -2.22. The van der Waals surface area contributed by atoms with Crippen molar-refractivity contribution in [3.05, 3.63) is 56.0 Å². The second-order valence-corrected chi connectivity index (χ2v) is 6.93. The van der Waals surface area contributed by atoms with Gasteiger partial charge in [-0.15, -0.1) is 0 Å². The lowest BCUT2D eigenvalue weighted by Crippen LogP contribution is -2.34. The number of amides is 1. The summed E-state index contributed by atoms with van der Waals surface area (Å²) < 4.78 is 7.25. The number of benzene rings is 1. The first-order valence-electron chi connectivity index (χ1n) is 6.42. The molecule has 0 aliphatic carbocycles. The molecule has 4 nitrogen and oxygen atoms in total. The van der Waals surface area contributed by atoms with Gasteiger partial charge in [-0.05, 0) is 82.9 Å². The van der Waals surface area contributed by atoms with Crippen LogP contribution in [0.2, 0.25) is 0 Å². The van der Waals surface area contributed by atoms with Crippen molar-refractivity contribution in [1.29, 1.82) is 0 Å². The van der Waals surface area contributed by atoms with Crippen LogP contribution < -0.4 is 5.32 Å². The average molecular weight is 463 g/mol. The molecule has 21 heavy (non-hydrogen) atoms. The summed E-state index contributed by atoms with van der Waals surface area (Å²) >= 11 is 5.60. The van der Waals surface area contributed by atoms with E-state index in [-0.39, 0.29) is 11.9 Å². The lowest BCUT2D eigenvalue weighted by molar-refractivity contribution is 0.0938. The Balaban J connectivity index is 2.07. The van der Waals surface area contributed by atoms with Crippen molar-refractivity contribution in [2.24, 2.45) is 0 Å². The highest BCUT2D eigenvalue weighted by Gasteiger charge is 2.19. The van der Waals surface area contributed by atoms with Gasteiger partial charge < -0.3 is 9.73 Å². The van der Waals surface area contributed by atoms with Crippen molar-refractivity contribution in [1.82, 2.24) is 10.2 Å². The summed E-state index contributed by atoms with van der Waals surface area (Å²) in [6.07, 6.45) is 1.64. The van der Waals surface area contributed by atoms with E-state index in [1.807, 2.05) is 49.3 Å². The third-order valence-electron chi connectivity index (χ3n) is 3.12. The highest BCUT2D eigenvalue weighted by molar-refractivity contribution is 14.1. The maximum atomic E-state index is 12.3. The second kappa shape index (κ2) is 7.42. The molecule has 1 unspecified atom stereocenters. The van der Waals surface area contributed by atoms with Crippen LogP contribution in [-0.2, 0) is 0 Å². The summed E-state index contributed by atoms with van der Waals surface area (Å²) in [5, 5.41) is 2.96. The maximum Gasteiger partial charge on any atom is 0.252 e. The van der Waals surface area contributed by atoms with E-state index in [1.165, 1.54) is 0 Å². The van der Waals surface area contributed by atoms with Crippen LogP contribution in [0, 0.1) is 3.57 Å². The zero-order valence-corrected chi connectivity index (χ0v) is 15.5. The summed E-state index contributed by atoms with van der Waals surface area (Å²) in [4.78, 5) is 14.3. The molecule has 1 atom stereocenters. The van der Waals surface area contributed by atoms with Crippen molar-refractivity contribution in [2.75, 3.05) is 20.6 Å². The van der Waals surface area contributed by atoms with Gasteiger partial charge in [0.05, 0.1) is 17.9 Å². The number of hydrogen-bond donors (Lipinski definition) is 1. The quantitative estimate of drug-likeness (QED) is 0.689. The Hall–Kier alpha value is -0.860. The van der Waals surface area contributed by atoms with Crippen molar-refractivity contribution in [2.45, 2.75) is 6.04 Å². The van der Waals surface area contributed by atoms with Gasteiger partial charge >= 0.3 is 0 Å². The smallest absolute Gasteiger partial charge is 0.252 e. The van der Waals surface area contributed by atoms with Gasteiger partial charge in [-0.2, -0.15) is 0 Å². The molecule has 0 fully saturated rings. The zero-order valence-electron chi connectivity index (χ0n) is 11.8. The van der Waals surface area contributed by atoms with Gasteiger partial charge in [0.15, 0.2) is 0 Å². The minimum Gasteiger partial charge on any atom is -0.468 e. The van der Waals surface area contributed by atoms with Crippen LogP contribution in [0.4, 0.5) is 0 Å². The molecule has 0 bridgehead atoms. The lowest BCUT2D eigenvalue weighted by atomic mass is 10.2. The summed E-state index contributed by atoms with van der Waals surface area (Å²) in [6, 6.07) is 9.46. The Morgan fingerprint density at radius 1 is 1.43 bits per heavy atom. The summed E-state index contributed by atoms with van der Waals surface area (Å²) in [7, 11) is 3.92. The SMILES string of the molecule is CN(C)C(CNC(=O)c1cc(I)ccc1Br)c1ccco1. The van der Waals surface area contributed by atoms with Gasteiger partial charge in [0.2, 0.25) is 0 Å². The third-order valence-corrected chi connectivity index (χ3v) is 4.49. The summed E-state index contributed by atoms with van der Waals surface area (Å²) in [5.74, 6) is 0.737. The van der Waals surface area contributed by atoms with E-state index >= 15 is 0 Å². The van der Waals surface area contributed by atoms with E-state index in [0.29, 0.717) is 12.1 Å². The highest BCUT2D eigenvalue weighted by Crippen LogP contribution is 2.21. The molecule has 0 saturated carbocycles. The number of hydrogen-bond acceptors (Lipinski definition) is 3. The molecule has 1 aromatic carbocycles. The van der Waals surface area contributed by atoms with E-state index in [2.05, 4.69) is 43.8 Å². The molecule has 0 aliphatic rings. The topological polar surface area (TPSA) is 45.5 Å². The van der Waals surface area contributed by atoms with Gasteiger partial charge in [0.1, 0.15) is 5.76 Å². The number of likely N-dealkylation sites (N-methyl/N-ethyl adjacent to an activating group) is 1. The molecule has 0 radical (unpaired) electrons. The highest BCUT2D eigenvalue weighted by atomic mass is 127. The average Bonchev–Trinajstić information content (AvgIpc) is 2.95. The molecule has 1 N–H and O–H groups in total. The standard InChI is InChI=1S/C15H16BrIN2O2/c1-19(2)13(14-4-3-7-21-14)9-18-15(20)11-8-10(17)5-6-12(11)16/h3-8,13H,9H2,1-2H3,(H,18,20). The molecule has 6 heteroatoms. The number of carbonyl (C=O) groups is 1. The fourth-order valence-corrected chi connectivity index (χ4v) is 2.89. The molecule has 112 valence electrons. The fraction of sp³-hybridized carbons (Fsp3) is 0.267. The van der Waals surface area contributed by atoms with Crippen LogP contribution in [-0.4, -0.2) is 31.4 Å². The van der Waals surface area contributed by atoms with Gasteiger partial charge in [0.25, 0.3) is 5.91 Å². The van der Waals surface area contributed by atoms with Crippen LogP contribution in [0.1, 0.15) is 22.2 Å². The van der Waals surface area contributed by atoms with Crippen molar-refractivity contribution in [3.8, 4) is 0 Å². The Labute approximate surface area is 146 Å². The number of nitrogens with one attached hydrogen (secondary N) is 1. The Bertz CT molecular complexity index is 614. The molecule has 0 saturated heterocycles. The first kappa shape index (κ1) is 16.5. The van der Waals surface area contributed by atoms with E-state index in [4.69, 9.17) is 4.42 Å². The minimum atomic E-state index is -0.0983. The van der Waals surface area contributed by atoms with Gasteiger partial charge in [-0.3, -0.25) is 9.69 Å². The molecular weight excluding hydrogens is 447 g/mol. The van der Waals surface area contributed by atoms with Crippen LogP contribution in [0.3, 0.4) is 0 Å². The van der Waals surface area contributed by atoms with Crippen molar-refractivity contribution >= 4 is 44.4 Å².